The summed E-state index contributed by atoms with van der Waals surface area (Å²) in [5.74, 6) is -3.95. The summed E-state index contributed by atoms with van der Waals surface area (Å²) in [5.41, 5.74) is -2.16. The van der Waals surface area contributed by atoms with Crippen molar-refractivity contribution >= 4 is 28.6 Å². The van der Waals surface area contributed by atoms with E-state index in [1.807, 2.05) is 0 Å². The van der Waals surface area contributed by atoms with Gasteiger partial charge in [-0.15, -0.1) is 11.8 Å². The molecule has 2 heterocycles. The van der Waals surface area contributed by atoms with Crippen LogP contribution in [0.4, 0.5) is 22.0 Å². The molecule has 1 aliphatic heterocycles. The summed E-state index contributed by atoms with van der Waals surface area (Å²) in [6.07, 6.45) is -5.12. The smallest absolute Gasteiger partial charge is 0.383 e. The third-order valence-electron chi connectivity index (χ3n) is 8.60. The third-order valence-corrected chi connectivity index (χ3v) is 9.65. The van der Waals surface area contributed by atoms with E-state index in [0.29, 0.717) is 22.9 Å². The van der Waals surface area contributed by atoms with Crippen LogP contribution in [0, 0.1) is 18.6 Å². The maximum atomic E-state index is 15.1. The zero-order chi connectivity index (χ0) is 49.1. The van der Waals surface area contributed by atoms with Gasteiger partial charge in [0, 0.05) is 64.6 Å². The zero-order valence-electron chi connectivity index (χ0n) is 41.0. The molecule has 0 unspecified atom stereocenters. The maximum Gasteiger partial charge on any atom is 0.416 e. The van der Waals surface area contributed by atoms with Gasteiger partial charge in [-0.2, -0.15) is 13.2 Å². The molecule has 0 spiro atoms. The Morgan fingerprint density at radius 3 is 2.40 bits per heavy atom. The van der Waals surface area contributed by atoms with Crippen molar-refractivity contribution in [3.8, 4) is 11.1 Å². The van der Waals surface area contributed by atoms with Crippen molar-refractivity contribution in [3.63, 3.8) is 0 Å². The minimum atomic E-state index is -4.60. The van der Waals surface area contributed by atoms with Gasteiger partial charge in [-0.25, -0.2) is 8.78 Å². The third kappa shape index (κ3) is 9.17. The number of carbonyl (C=O) groups is 1. The molecule has 1 aliphatic rings. The molecule has 1 saturated heterocycles. The largest absolute Gasteiger partial charge is 0.416 e. The van der Waals surface area contributed by atoms with Crippen LogP contribution >= 0.6 is 11.8 Å². The summed E-state index contributed by atoms with van der Waals surface area (Å²) >= 11 is 0.607. The topological polar surface area (TPSA) is 54.8 Å². The van der Waals surface area contributed by atoms with Crippen LogP contribution in [0.25, 0.3) is 22.0 Å². The Morgan fingerprint density at radius 1 is 1.02 bits per heavy atom. The molecule has 6 nitrogen and oxygen atoms in total. The van der Waals surface area contributed by atoms with Crippen LogP contribution in [0.5, 0.6) is 0 Å². The predicted molar refractivity (Wildman–Crippen MR) is 198 cm³/mol. The Bertz CT molecular complexity index is 2710. The van der Waals surface area contributed by atoms with Crippen molar-refractivity contribution in [1.29, 1.82) is 0 Å². The van der Waals surface area contributed by atoms with Crippen molar-refractivity contribution in [3.05, 3.63) is 135 Å². The number of rotatable bonds is 12. The molecule has 53 heavy (non-hydrogen) atoms. The van der Waals surface area contributed by atoms with Crippen LogP contribution in [0.3, 0.4) is 0 Å². The van der Waals surface area contributed by atoms with Crippen molar-refractivity contribution in [2.24, 2.45) is 0 Å². The summed E-state index contributed by atoms with van der Waals surface area (Å²) in [7, 11) is -3.33. The van der Waals surface area contributed by atoms with E-state index in [0.717, 1.165) is 32.6 Å². The number of aromatic nitrogens is 1. The highest BCUT2D eigenvalue weighted by molar-refractivity contribution is 7.98. The van der Waals surface area contributed by atoms with E-state index in [1.165, 1.54) is 55.5 Å². The molecule has 1 fully saturated rings. The quantitative estimate of drug-likeness (QED) is 0.0941. The highest BCUT2D eigenvalue weighted by atomic mass is 32.2. The Balaban J connectivity index is 1.46. The van der Waals surface area contributed by atoms with Gasteiger partial charge >= 0.3 is 6.18 Å². The van der Waals surface area contributed by atoms with E-state index in [1.54, 1.807) is 0 Å². The lowest BCUT2D eigenvalue weighted by molar-refractivity contribution is -0.137. The SMILES string of the molecule is [2H]c1c(C)c([2H])c2c(=O)c([2H])c(SCc3cccc(F)c3F)n(CC(=O)N(C3CCN(C([2H])([2H])C([2H])([2H])OC([2H])([2H])[2H])CC3)C([2H])([2H])c3ccc(-c4ccc(C(F)(F)F)cc4)cc3)c2c1[2H]. The minimum Gasteiger partial charge on any atom is -0.383 e. The molecule has 0 N–H and O–H groups in total. The summed E-state index contributed by atoms with van der Waals surface area (Å²) in [4.78, 5) is 30.6. The van der Waals surface area contributed by atoms with E-state index in [9.17, 15) is 29.5 Å². The number of carbonyl (C=O) groups excluding carboxylic acids is 1. The molecular weight excluding hydrogens is 710 g/mol. The van der Waals surface area contributed by atoms with Crippen molar-refractivity contribution in [2.45, 2.75) is 55.8 Å². The fourth-order valence-electron chi connectivity index (χ4n) is 5.88. The number of amides is 1. The summed E-state index contributed by atoms with van der Waals surface area (Å²) < 4.78 is 184. The molecule has 0 aliphatic carbocycles. The fraction of sp³-hybridized carbons (Fsp3) is 0.317. The average molecular weight is 763 g/mol. The summed E-state index contributed by atoms with van der Waals surface area (Å²) in [5, 5.41) is -0.883. The van der Waals surface area contributed by atoms with Crippen molar-refractivity contribution in [2.75, 3.05) is 33.2 Å². The van der Waals surface area contributed by atoms with Crippen LogP contribution in [0.15, 0.2) is 101 Å². The first-order chi connectivity index (χ1) is 30.5. The van der Waals surface area contributed by atoms with E-state index < -0.39 is 115 Å². The number of ether oxygens (including phenoxy) is 1. The first-order valence-corrected chi connectivity index (χ1v) is 17.2. The van der Waals surface area contributed by atoms with Gasteiger partial charge in [0.25, 0.3) is 0 Å². The number of piperidine rings is 1. The number of alkyl halides is 3. The number of hydrogen-bond donors (Lipinski definition) is 0. The van der Waals surface area contributed by atoms with Crippen LogP contribution in [-0.4, -0.2) is 59.5 Å². The van der Waals surface area contributed by atoms with Crippen LogP contribution in [0.1, 0.15) is 52.9 Å². The maximum absolute atomic E-state index is 15.1. The molecule has 0 saturated carbocycles. The Kier molecular flexibility index (Phi) is 7.77. The van der Waals surface area contributed by atoms with Gasteiger partial charge < -0.3 is 19.1 Å². The van der Waals surface area contributed by atoms with E-state index in [4.69, 9.17) is 15.1 Å². The normalized spacial score (nSPS) is 18.8. The van der Waals surface area contributed by atoms with E-state index in [-0.39, 0.29) is 47.6 Å². The number of benzene rings is 4. The Labute approximate surface area is 327 Å². The molecule has 1 aromatic heterocycles. The lowest BCUT2D eigenvalue weighted by atomic mass is 10.00. The number of methoxy groups -OCH3 is 1. The van der Waals surface area contributed by atoms with Gasteiger partial charge in [-0.1, -0.05) is 60.1 Å². The zero-order valence-corrected chi connectivity index (χ0v) is 28.9. The van der Waals surface area contributed by atoms with Gasteiger partial charge in [-0.3, -0.25) is 9.59 Å². The number of pyridine rings is 1. The van der Waals surface area contributed by atoms with Gasteiger partial charge in [-0.05, 0) is 66.7 Å². The second-order valence-corrected chi connectivity index (χ2v) is 13.1. The second-order valence-electron chi connectivity index (χ2n) is 12.1. The first-order valence-electron chi connectivity index (χ1n) is 22.7. The molecule has 0 bridgehead atoms. The highest BCUT2D eigenvalue weighted by Crippen LogP contribution is 2.32. The molecule has 4 aromatic carbocycles. The number of fused-ring (bicyclic) bond motifs is 1. The molecule has 278 valence electrons. The second kappa shape index (κ2) is 16.7. The highest BCUT2D eigenvalue weighted by Gasteiger charge is 2.31. The first kappa shape index (κ1) is 24.7. The predicted octanol–water partition coefficient (Wildman–Crippen LogP) is 8.71. The average Bonchev–Trinajstić information content (AvgIpc) is 3.23. The van der Waals surface area contributed by atoms with Gasteiger partial charge in [0.2, 0.25) is 5.91 Å². The van der Waals surface area contributed by atoms with E-state index >= 15 is 4.79 Å². The number of halogens is 5. The molecule has 0 atom stereocenters. The fourth-order valence-corrected chi connectivity index (χ4v) is 6.87. The van der Waals surface area contributed by atoms with E-state index in [2.05, 4.69) is 4.74 Å². The summed E-state index contributed by atoms with van der Waals surface area (Å²) in [6, 6.07) is 9.28. The van der Waals surface area contributed by atoms with Crippen LogP contribution < -0.4 is 5.43 Å². The molecule has 6 rings (SSSR count). The standard InChI is InChI=1S/C41H40F5N3O3S/c1-27-6-15-36-34(22-27)37(50)23-39(53-26-31-4-3-5-35(42)40(31)43)49(36)25-38(51)48(33-16-18-47(19-17-33)20-21-52-2)24-28-7-9-29(10-8-28)30-11-13-32(14-12-30)41(44,45)46/h3-15,22-23,33H,16-21,24-26H2,1-2H3/i2D3,6D,15D,20D2,21D2,22D,23D,24D2. The van der Waals surface area contributed by atoms with Crippen LogP contribution in [0.2, 0.25) is 0 Å². The lowest BCUT2D eigenvalue weighted by Crippen LogP contribution is -2.48. The molecular formula is C41H40F5N3O3S. The Morgan fingerprint density at radius 2 is 1.72 bits per heavy atom. The molecule has 0 radical (unpaired) electrons. The number of nitrogens with zero attached hydrogens (tertiary/aromatic N) is 3. The van der Waals surface area contributed by atoms with Gasteiger partial charge in [0.15, 0.2) is 17.1 Å². The minimum absolute atomic E-state index is 0.0953. The number of hydrogen-bond acceptors (Lipinski definition) is 5. The molecule has 1 amide bonds. The van der Waals surface area contributed by atoms with Gasteiger partial charge in [0.1, 0.15) is 6.54 Å². The molecule has 5 aromatic rings. The van der Waals surface area contributed by atoms with Gasteiger partial charge in [0.05, 0.1) is 37.7 Å². The lowest BCUT2D eigenvalue weighted by Gasteiger charge is -2.39. The van der Waals surface area contributed by atoms with Crippen molar-refractivity contribution < 1.29 is 49.3 Å². The monoisotopic (exact) mass is 762 g/mol. The number of likely N-dealkylation sites (tertiary alicyclic amines) is 1. The van der Waals surface area contributed by atoms with Crippen LogP contribution in [-0.2, 0) is 34.5 Å². The van der Waals surface area contributed by atoms with Crippen molar-refractivity contribution in [1.82, 2.24) is 14.4 Å². The summed E-state index contributed by atoms with van der Waals surface area (Å²) in [6.45, 7) is -9.69. The Hall–Kier alpha value is -4.52. The molecule has 12 heteroatoms. The number of thioether (sulfide) groups is 1.